The van der Waals surface area contributed by atoms with Crippen molar-refractivity contribution in [2.24, 2.45) is 5.92 Å². The third-order valence-electron chi connectivity index (χ3n) is 4.76. The Morgan fingerprint density at radius 3 is 2.42 bits per heavy atom. The Morgan fingerprint density at radius 2 is 1.65 bits per heavy atom. The molecule has 0 saturated heterocycles. The number of hydrogen-bond donors (Lipinski definition) is 1. The van der Waals surface area contributed by atoms with Crippen molar-refractivity contribution in [1.29, 1.82) is 0 Å². The lowest BCUT2D eigenvalue weighted by molar-refractivity contribution is 0.171. The van der Waals surface area contributed by atoms with Crippen molar-refractivity contribution >= 4 is 16.6 Å². The minimum absolute atomic E-state index is 0.0891. The van der Waals surface area contributed by atoms with Crippen LogP contribution in [-0.2, 0) is 0 Å². The van der Waals surface area contributed by atoms with Gasteiger partial charge in [-0.15, -0.1) is 5.10 Å². The number of hydrogen-bond acceptors (Lipinski definition) is 5. The van der Waals surface area contributed by atoms with Gasteiger partial charge in [0.1, 0.15) is 13.2 Å². The Kier molecular flexibility index (Phi) is 4.37. The van der Waals surface area contributed by atoms with Gasteiger partial charge in [0.2, 0.25) is 0 Å². The van der Waals surface area contributed by atoms with E-state index in [-0.39, 0.29) is 6.04 Å². The largest absolute Gasteiger partial charge is 0.486 e. The summed E-state index contributed by atoms with van der Waals surface area (Å²) in [5, 5.41) is 14.6. The molecule has 0 radical (unpaired) electrons. The van der Waals surface area contributed by atoms with Crippen LogP contribution in [-0.4, -0.2) is 23.4 Å². The van der Waals surface area contributed by atoms with Gasteiger partial charge in [0.05, 0.1) is 11.7 Å². The summed E-state index contributed by atoms with van der Waals surface area (Å²) in [6, 6.07) is 14.5. The maximum atomic E-state index is 5.75. The van der Waals surface area contributed by atoms with Crippen LogP contribution in [0, 0.1) is 12.8 Å². The van der Waals surface area contributed by atoms with E-state index in [0.29, 0.717) is 19.1 Å². The smallest absolute Gasteiger partial charge is 0.161 e. The summed E-state index contributed by atoms with van der Waals surface area (Å²) in [4.78, 5) is 0. The Balaban J connectivity index is 1.72. The van der Waals surface area contributed by atoms with E-state index >= 15 is 0 Å². The molecule has 3 aromatic rings. The van der Waals surface area contributed by atoms with Gasteiger partial charge in [0, 0.05) is 10.8 Å². The monoisotopic (exact) mass is 349 g/mol. The summed E-state index contributed by atoms with van der Waals surface area (Å²) in [5.41, 5.74) is 2.09. The number of benzene rings is 2. The summed E-state index contributed by atoms with van der Waals surface area (Å²) >= 11 is 0. The van der Waals surface area contributed by atoms with Crippen molar-refractivity contribution in [2.75, 3.05) is 18.5 Å². The summed E-state index contributed by atoms with van der Waals surface area (Å²) in [7, 11) is 0. The summed E-state index contributed by atoms with van der Waals surface area (Å²) in [5.74, 6) is 2.78. The van der Waals surface area contributed by atoms with Crippen LogP contribution in [0.4, 0.5) is 5.82 Å². The van der Waals surface area contributed by atoms with E-state index in [0.717, 1.165) is 39.3 Å². The predicted molar refractivity (Wildman–Crippen MR) is 103 cm³/mol. The molecular weight excluding hydrogens is 326 g/mol. The number of fused-ring (bicyclic) bond motifs is 2. The molecule has 2 aromatic carbocycles. The predicted octanol–water partition coefficient (Wildman–Crippen LogP) is 4.52. The van der Waals surface area contributed by atoms with Gasteiger partial charge < -0.3 is 14.8 Å². The first kappa shape index (κ1) is 16.6. The third kappa shape index (κ3) is 3.05. The molecule has 1 N–H and O–H groups in total. The molecule has 0 saturated carbocycles. The molecule has 0 fully saturated rings. The van der Waals surface area contributed by atoms with Crippen molar-refractivity contribution in [3.05, 3.63) is 53.7 Å². The van der Waals surface area contributed by atoms with Crippen LogP contribution in [0.2, 0.25) is 0 Å². The van der Waals surface area contributed by atoms with E-state index in [2.05, 4.69) is 53.6 Å². The molecule has 4 rings (SSSR count). The van der Waals surface area contributed by atoms with Crippen LogP contribution in [0.5, 0.6) is 11.5 Å². The van der Waals surface area contributed by atoms with Gasteiger partial charge in [-0.1, -0.05) is 44.2 Å². The second-order valence-corrected chi connectivity index (χ2v) is 6.95. The number of rotatable bonds is 4. The number of nitrogens with zero attached hydrogens (tertiary/aromatic N) is 2. The lowest BCUT2D eigenvalue weighted by atomic mass is 9.95. The van der Waals surface area contributed by atoms with Gasteiger partial charge in [-0.05, 0) is 30.5 Å². The van der Waals surface area contributed by atoms with E-state index in [9.17, 15) is 0 Å². The lowest BCUT2D eigenvalue weighted by Crippen LogP contribution is -2.20. The molecule has 0 amide bonds. The molecule has 0 unspecified atom stereocenters. The fourth-order valence-corrected chi connectivity index (χ4v) is 3.38. The van der Waals surface area contributed by atoms with Gasteiger partial charge in [-0.2, -0.15) is 5.10 Å². The Morgan fingerprint density at radius 1 is 0.923 bits per heavy atom. The van der Waals surface area contributed by atoms with Crippen molar-refractivity contribution < 1.29 is 9.47 Å². The normalized spacial score (nSPS) is 14.5. The molecule has 1 aliphatic rings. The number of nitrogens with one attached hydrogen (secondary N) is 1. The standard InChI is InChI=1S/C21H23N3O2/c1-13(2)20(15-8-9-18-19(12-15)26-11-10-25-18)22-21-17-7-5-4-6-16(17)14(3)23-24-21/h4-9,12-13,20H,10-11H2,1-3H3,(H,22,24)/t20-/m1/s1. The topological polar surface area (TPSA) is 56.3 Å². The maximum Gasteiger partial charge on any atom is 0.161 e. The van der Waals surface area contributed by atoms with E-state index in [1.807, 2.05) is 25.1 Å². The Bertz CT molecular complexity index is 940. The van der Waals surface area contributed by atoms with Gasteiger partial charge in [0.15, 0.2) is 17.3 Å². The van der Waals surface area contributed by atoms with Crippen LogP contribution < -0.4 is 14.8 Å². The number of aromatic nitrogens is 2. The first-order chi connectivity index (χ1) is 12.6. The minimum atomic E-state index is 0.0891. The minimum Gasteiger partial charge on any atom is -0.486 e. The average molecular weight is 349 g/mol. The highest BCUT2D eigenvalue weighted by molar-refractivity contribution is 5.93. The van der Waals surface area contributed by atoms with Crippen LogP contribution in [0.15, 0.2) is 42.5 Å². The Hall–Kier alpha value is -2.82. The molecule has 2 heterocycles. The summed E-state index contributed by atoms with van der Waals surface area (Å²) < 4.78 is 11.4. The second kappa shape index (κ2) is 6.83. The molecule has 0 spiro atoms. The summed E-state index contributed by atoms with van der Waals surface area (Å²) in [6.07, 6.45) is 0. The van der Waals surface area contributed by atoms with Crippen LogP contribution in [0.3, 0.4) is 0 Å². The van der Waals surface area contributed by atoms with Crippen molar-refractivity contribution in [1.82, 2.24) is 10.2 Å². The highest BCUT2D eigenvalue weighted by Crippen LogP contribution is 2.36. The van der Waals surface area contributed by atoms with Crippen molar-refractivity contribution in [3.63, 3.8) is 0 Å². The van der Waals surface area contributed by atoms with E-state index in [1.54, 1.807) is 0 Å². The zero-order valence-corrected chi connectivity index (χ0v) is 15.3. The van der Waals surface area contributed by atoms with E-state index < -0.39 is 0 Å². The molecule has 1 aliphatic heterocycles. The molecular formula is C21H23N3O2. The van der Waals surface area contributed by atoms with E-state index in [1.165, 1.54) is 0 Å². The zero-order chi connectivity index (χ0) is 18.1. The van der Waals surface area contributed by atoms with Crippen LogP contribution in [0.25, 0.3) is 10.8 Å². The second-order valence-electron chi connectivity index (χ2n) is 6.95. The van der Waals surface area contributed by atoms with Crippen LogP contribution in [0.1, 0.15) is 31.1 Å². The molecule has 5 heteroatoms. The SMILES string of the molecule is Cc1nnc(N[C@@H](c2ccc3c(c2)OCCO3)C(C)C)c2ccccc12. The first-order valence-corrected chi connectivity index (χ1v) is 9.01. The summed E-state index contributed by atoms with van der Waals surface area (Å²) in [6.45, 7) is 7.56. The molecule has 0 bridgehead atoms. The molecule has 1 atom stereocenters. The first-order valence-electron chi connectivity index (χ1n) is 9.01. The molecule has 1 aromatic heterocycles. The zero-order valence-electron chi connectivity index (χ0n) is 15.3. The quantitative estimate of drug-likeness (QED) is 0.750. The molecule has 134 valence electrons. The fraction of sp³-hybridized carbons (Fsp3) is 0.333. The van der Waals surface area contributed by atoms with Gasteiger partial charge in [0.25, 0.3) is 0 Å². The Labute approximate surface area is 153 Å². The van der Waals surface area contributed by atoms with E-state index in [4.69, 9.17) is 9.47 Å². The van der Waals surface area contributed by atoms with Gasteiger partial charge in [-0.3, -0.25) is 0 Å². The van der Waals surface area contributed by atoms with Crippen molar-refractivity contribution in [3.8, 4) is 11.5 Å². The third-order valence-corrected chi connectivity index (χ3v) is 4.76. The fourth-order valence-electron chi connectivity index (χ4n) is 3.38. The number of anilines is 1. The lowest BCUT2D eigenvalue weighted by Gasteiger charge is -2.26. The number of ether oxygens (including phenoxy) is 2. The number of aryl methyl sites for hydroxylation is 1. The maximum absolute atomic E-state index is 5.75. The highest BCUT2D eigenvalue weighted by Gasteiger charge is 2.21. The van der Waals surface area contributed by atoms with Gasteiger partial charge >= 0.3 is 0 Å². The molecule has 26 heavy (non-hydrogen) atoms. The van der Waals surface area contributed by atoms with Crippen LogP contribution >= 0.6 is 0 Å². The highest BCUT2D eigenvalue weighted by atomic mass is 16.6. The van der Waals surface area contributed by atoms with Gasteiger partial charge in [-0.25, -0.2) is 0 Å². The van der Waals surface area contributed by atoms with Crippen molar-refractivity contribution in [2.45, 2.75) is 26.8 Å². The molecule has 5 nitrogen and oxygen atoms in total. The molecule has 0 aliphatic carbocycles. The average Bonchev–Trinajstić information content (AvgIpc) is 2.67.